The molecule has 0 aliphatic rings. The summed E-state index contributed by atoms with van der Waals surface area (Å²) >= 11 is 0. The highest BCUT2D eigenvalue weighted by Crippen LogP contribution is 2.04. The smallest absolute Gasteiger partial charge is 0.242 e. The lowest BCUT2D eigenvalue weighted by Crippen LogP contribution is -1.99. The van der Waals surface area contributed by atoms with Gasteiger partial charge in [-0.2, -0.15) is 5.10 Å². The molecule has 1 aromatic carbocycles. The summed E-state index contributed by atoms with van der Waals surface area (Å²) < 4.78 is 1.86. The normalized spacial score (nSPS) is 9.80. The minimum Gasteiger partial charge on any atom is -0.312 e. The Hall–Kier alpha value is -2.08. The van der Waals surface area contributed by atoms with Gasteiger partial charge < -0.3 is 4.85 Å². The molecule has 0 saturated heterocycles. The molecule has 0 radical (unpaired) electrons. The molecule has 0 unspecified atom stereocenters. The molecule has 1 heterocycles. The SMILES string of the molecule is [C-]#[N+]Cc1cnn(Cc2ccccc2)c1. The minimum absolute atomic E-state index is 0.411. The van der Waals surface area contributed by atoms with Crippen molar-refractivity contribution in [3.8, 4) is 0 Å². The maximum absolute atomic E-state index is 6.76. The van der Waals surface area contributed by atoms with E-state index < -0.39 is 0 Å². The van der Waals surface area contributed by atoms with Gasteiger partial charge in [-0.25, -0.2) is 6.57 Å². The van der Waals surface area contributed by atoms with Crippen molar-refractivity contribution < 1.29 is 0 Å². The molecule has 15 heavy (non-hydrogen) atoms. The zero-order valence-corrected chi connectivity index (χ0v) is 8.30. The summed E-state index contributed by atoms with van der Waals surface area (Å²) in [5.41, 5.74) is 2.19. The fourth-order valence-corrected chi connectivity index (χ4v) is 1.44. The zero-order chi connectivity index (χ0) is 10.5. The molecule has 0 saturated carbocycles. The van der Waals surface area contributed by atoms with Crippen molar-refractivity contribution in [1.82, 2.24) is 9.78 Å². The van der Waals surface area contributed by atoms with Crippen LogP contribution in [0.3, 0.4) is 0 Å². The molecular formula is C12H11N3. The third-order valence-corrected chi connectivity index (χ3v) is 2.14. The Morgan fingerprint density at radius 1 is 1.20 bits per heavy atom. The fraction of sp³-hybridized carbons (Fsp3) is 0.167. The van der Waals surface area contributed by atoms with E-state index in [1.165, 1.54) is 5.56 Å². The third-order valence-electron chi connectivity index (χ3n) is 2.14. The minimum atomic E-state index is 0.411. The van der Waals surface area contributed by atoms with Gasteiger partial charge in [-0.1, -0.05) is 30.3 Å². The van der Waals surface area contributed by atoms with Gasteiger partial charge in [0.15, 0.2) is 0 Å². The van der Waals surface area contributed by atoms with Gasteiger partial charge in [0.1, 0.15) is 0 Å². The molecule has 0 aliphatic carbocycles. The summed E-state index contributed by atoms with van der Waals surface area (Å²) in [6, 6.07) is 10.2. The lowest BCUT2D eigenvalue weighted by atomic mass is 10.2. The molecule has 3 heteroatoms. The van der Waals surface area contributed by atoms with Crippen LogP contribution in [0.5, 0.6) is 0 Å². The van der Waals surface area contributed by atoms with Crippen molar-refractivity contribution in [1.29, 1.82) is 0 Å². The summed E-state index contributed by atoms with van der Waals surface area (Å²) in [6.45, 7) is 7.93. The standard InChI is InChI=1S/C12H11N3/c1-13-7-12-8-14-15(10-12)9-11-5-3-2-4-6-11/h2-6,8,10H,7,9H2. The second-order valence-electron chi connectivity index (χ2n) is 3.35. The summed E-state index contributed by atoms with van der Waals surface area (Å²) in [7, 11) is 0. The number of hydrogen-bond donors (Lipinski definition) is 0. The van der Waals surface area contributed by atoms with Crippen LogP contribution in [0.15, 0.2) is 42.7 Å². The molecule has 0 bridgehead atoms. The first-order valence-electron chi connectivity index (χ1n) is 4.77. The van der Waals surface area contributed by atoms with E-state index in [1.54, 1.807) is 6.20 Å². The van der Waals surface area contributed by atoms with E-state index in [0.29, 0.717) is 6.54 Å². The Morgan fingerprint density at radius 3 is 2.73 bits per heavy atom. The Kier molecular flexibility index (Phi) is 2.80. The lowest BCUT2D eigenvalue weighted by Gasteiger charge is -2.00. The molecule has 0 N–H and O–H groups in total. The summed E-state index contributed by atoms with van der Waals surface area (Å²) in [6.07, 6.45) is 3.67. The van der Waals surface area contributed by atoms with Gasteiger partial charge >= 0.3 is 0 Å². The highest BCUT2D eigenvalue weighted by Gasteiger charge is 2.00. The molecule has 74 valence electrons. The van der Waals surface area contributed by atoms with E-state index in [-0.39, 0.29) is 0 Å². The molecule has 0 atom stereocenters. The molecule has 0 fully saturated rings. The van der Waals surface area contributed by atoms with E-state index in [0.717, 1.165) is 12.1 Å². The van der Waals surface area contributed by atoms with Crippen LogP contribution in [0.4, 0.5) is 0 Å². The fourth-order valence-electron chi connectivity index (χ4n) is 1.44. The molecular weight excluding hydrogens is 186 g/mol. The lowest BCUT2D eigenvalue weighted by molar-refractivity contribution is 0.686. The van der Waals surface area contributed by atoms with Gasteiger partial charge in [-0.15, -0.1) is 0 Å². The molecule has 1 aromatic heterocycles. The van der Waals surface area contributed by atoms with Crippen molar-refractivity contribution in [3.63, 3.8) is 0 Å². The maximum Gasteiger partial charge on any atom is 0.242 e. The van der Waals surface area contributed by atoms with Crippen LogP contribution in [0, 0.1) is 6.57 Å². The first kappa shape index (κ1) is 9.47. The van der Waals surface area contributed by atoms with E-state index in [2.05, 4.69) is 22.1 Å². The molecule has 0 amide bonds. The molecule has 2 aromatic rings. The van der Waals surface area contributed by atoms with Crippen molar-refractivity contribution in [2.45, 2.75) is 13.1 Å². The van der Waals surface area contributed by atoms with Crippen LogP contribution in [-0.2, 0) is 13.1 Å². The predicted octanol–water partition coefficient (Wildman–Crippen LogP) is 2.35. The molecule has 0 aliphatic heterocycles. The van der Waals surface area contributed by atoms with Crippen molar-refractivity contribution in [3.05, 3.63) is 65.3 Å². The third kappa shape index (κ3) is 2.44. The van der Waals surface area contributed by atoms with Crippen LogP contribution < -0.4 is 0 Å². The molecule has 3 nitrogen and oxygen atoms in total. The Morgan fingerprint density at radius 2 is 2.00 bits per heavy atom. The second-order valence-corrected chi connectivity index (χ2v) is 3.35. The van der Waals surface area contributed by atoms with E-state index in [9.17, 15) is 0 Å². The summed E-state index contributed by atoms with van der Waals surface area (Å²) in [4.78, 5) is 3.32. The van der Waals surface area contributed by atoms with Gasteiger partial charge in [0, 0.05) is 6.20 Å². The van der Waals surface area contributed by atoms with Crippen LogP contribution in [0.1, 0.15) is 11.1 Å². The van der Waals surface area contributed by atoms with E-state index in [1.807, 2.05) is 29.1 Å². The number of nitrogens with zero attached hydrogens (tertiary/aromatic N) is 3. The predicted molar refractivity (Wildman–Crippen MR) is 58.1 cm³/mol. The zero-order valence-electron chi connectivity index (χ0n) is 8.30. The second kappa shape index (κ2) is 4.43. The number of hydrogen-bond acceptors (Lipinski definition) is 1. The van der Waals surface area contributed by atoms with Crippen LogP contribution in [-0.4, -0.2) is 9.78 Å². The van der Waals surface area contributed by atoms with Crippen molar-refractivity contribution in [2.24, 2.45) is 0 Å². The average Bonchev–Trinajstić information content (AvgIpc) is 2.68. The highest BCUT2D eigenvalue weighted by atomic mass is 15.3. The number of rotatable bonds is 3. The average molecular weight is 197 g/mol. The van der Waals surface area contributed by atoms with Gasteiger partial charge in [0.2, 0.25) is 6.54 Å². The van der Waals surface area contributed by atoms with Crippen molar-refractivity contribution >= 4 is 0 Å². The van der Waals surface area contributed by atoms with Gasteiger partial charge in [0.05, 0.1) is 18.3 Å². The summed E-state index contributed by atoms with van der Waals surface area (Å²) in [5.74, 6) is 0. The topological polar surface area (TPSA) is 22.2 Å². The van der Waals surface area contributed by atoms with Crippen LogP contribution in [0.25, 0.3) is 4.85 Å². The van der Waals surface area contributed by atoms with E-state index >= 15 is 0 Å². The van der Waals surface area contributed by atoms with Crippen LogP contribution in [0.2, 0.25) is 0 Å². The monoisotopic (exact) mass is 197 g/mol. The van der Waals surface area contributed by atoms with Crippen molar-refractivity contribution in [2.75, 3.05) is 0 Å². The van der Waals surface area contributed by atoms with E-state index in [4.69, 9.17) is 6.57 Å². The van der Waals surface area contributed by atoms with Gasteiger partial charge in [-0.05, 0) is 5.56 Å². The highest BCUT2D eigenvalue weighted by molar-refractivity contribution is 5.15. The number of benzene rings is 1. The largest absolute Gasteiger partial charge is 0.312 e. The van der Waals surface area contributed by atoms with Crippen LogP contribution >= 0.6 is 0 Å². The summed E-state index contributed by atoms with van der Waals surface area (Å²) in [5, 5.41) is 4.20. The first-order chi connectivity index (χ1) is 7.38. The Balaban J connectivity index is 2.09. The van der Waals surface area contributed by atoms with Gasteiger partial charge in [0.25, 0.3) is 0 Å². The Labute approximate surface area is 88.8 Å². The Bertz CT molecular complexity index is 465. The molecule has 2 rings (SSSR count). The van der Waals surface area contributed by atoms with Gasteiger partial charge in [-0.3, -0.25) is 4.68 Å². The molecule has 0 spiro atoms. The maximum atomic E-state index is 6.76. The number of aromatic nitrogens is 2. The first-order valence-corrected chi connectivity index (χ1v) is 4.77. The quantitative estimate of drug-likeness (QED) is 0.692.